The van der Waals surface area contributed by atoms with Gasteiger partial charge in [0.25, 0.3) is 0 Å². The summed E-state index contributed by atoms with van der Waals surface area (Å²) >= 11 is 0. The molecule has 0 radical (unpaired) electrons. The van der Waals surface area contributed by atoms with Crippen LogP contribution in [0.1, 0.15) is 46.1 Å². The van der Waals surface area contributed by atoms with E-state index in [0.29, 0.717) is 6.04 Å². The Morgan fingerprint density at radius 2 is 2.25 bits per heavy atom. The summed E-state index contributed by atoms with van der Waals surface area (Å²) < 4.78 is 2.34. The summed E-state index contributed by atoms with van der Waals surface area (Å²) in [7, 11) is 0. The molecule has 0 aliphatic heterocycles. The Bertz CT molecular complexity index is 332. The molecule has 0 bridgehead atoms. The third-order valence-electron chi connectivity index (χ3n) is 3.98. The number of hydrogen-bond acceptors (Lipinski definition) is 2. The summed E-state index contributed by atoms with van der Waals surface area (Å²) in [6.45, 7) is 7.92. The van der Waals surface area contributed by atoms with Gasteiger partial charge in [0.1, 0.15) is 0 Å². The van der Waals surface area contributed by atoms with Crippen molar-refractivity contribution in [1.82, 2.24) is 9.55 Å². The van der Waals surface area contributed by atoms with Crippen molar-refractivity contribution < 1.29 is 0 Å². The van der Waals surface area contributed by atoms with Crippen LogP contribution in [-0.4, -0.2) is 16.1 Å². The largest absolute Gasteiger partial charge is 0.356 e. The third-order valence-corrected chi connectivity index (χ3v) is 3.98. The summed E-state index contributed by atoms with van der Waals surface area (Å²) in [5, 5.41) is 3.41. The minimum Gasteiger partial charge on any atom is -0.356 e. The van der Waals surface area contributed by atoms with Gasteiger partial charge in [-0.25, -0.2) is 4.98 Å². The second-order valence-electron chi connectivity index (χ2n) is 5.07. The molecule has 1 heterocycles. The lowest BCUT2D eigenvalue weighted by atomic mass is 9.98. The van der Waals surface area contributed by atoms with E-state index in [2.05, 4.69) is 41.8 Å². The van der Waals surface area contributed by atoms with Gasteiger partial charge in [0, 0.05) is 25.0 Å². The molecule has 1 aliphatic carbocycles. The van der Waals surface area contributed by atoms with E-state index in [-0.39, 0.29) is 0 Å². The highest BCUT2D eigenvalue weighted by molar-refractivity contribution is 5.27. The third kappa shape index (κ3) is 2.08. The van der Waals surface area contributed by atoms with Crippen LogP contribution in [0.5, 0.6) is 0 Å². The van der Waals surface area contributed by atoms with Crippen molar-refractivity contribution in [3.05, 3.63) is 12.4 Å². The molecule has 0 aromatic carbocycles. The summed E-state index contributed by atoms with van der Waals surface area (Å²) in [5.41, 5.74) is 0. The average Bonchev–Trinajstić information content (AvgIpc) is 2.85. The van der Waals surface area contributed by atoms with E-state index in [9.17, 15) is 0 Å². The molecule has 1 fully saturated rings. The summed E-state index contributed by atoms with van der Waals surface area (Å²) in [6.07, 6.45) is 7.81. The zero-order valence-corrected chi connectivity index (χ0v) is 10.6. The fraction of sp³-hybridized carbons (Fsp3) is 0.769. The number of aromatic nitrogens is 2. The maximum Gasteiger partial charge on any atom is 0.203 e. The van der Waals surface area contributed by atoms with E-state index < -0.39 is 0 Å². The molecule has 3 heteroatoms. The Hall–Kier alpha value is -0.990. The number of hydrogen-bond donors (Lipinski definition) is 1. The van der Waals surface area contributed by atoms with E-state index >= 15 is 0 Å². The molecule has 1 N–H and O–H groups in total. The SMILES string of the molecule is CCCNc1nccn1C1CCC(C)C1C. The first-order valence-corrected chi connectivity index (χ1v) is 6.50. The number of nitrogens with zero attached hydrogens (tertiary/aromatic N) is 2. The Balaban J connectivity index is 2.11. The summed E-state index contributed by atoms with van der Waals surface area (Å²) in [6, 6.07) is 0.636. The first-order chi connectivity index (χ1) is 7.74. The van der Waals surface area contributed by atoms with Crippen molar-refractivity contribution in [3.8, 4) is 0 Å². The van der Waals surface area contributed by atoms with Crippen molar-refractivity contribution in [2.24, 2.45) is 11.8 Å². The molecule has 16 heavy (non-hydrogen) atoms. The molecule has 1 aromatic rings. The molecule has 90 valence electrons. The van der Waals surface area contributed by atoms with Crippen LogP contribution in [0.4, 0.5) is 5.95 Å². The Labute approximate surface area is 98.3 Å². The standard InChI is InChI=1S/C13H23N3/c1-4-7-14-13-15-8-9-16(13)12-6-5-10(2)11(12)3/h8-12H,4-7H2,1-3H3,(H,14,15). The first kappa shape index (κ1) is 11.5. The monoisotopic (exact) mass is 221 g/mol. The van der Waals surface area contributed by atoms with Crippen molar-refractivity contribution in [1.29, 1.82) is 0 Å². The Morgan fingerprint density at radius 3 is 2.88 bits per heavy atom. The molecular formula is C13H23N3. The second-order valence-corrected chi connectivity index (χ2v) is 5.07. The van der Waals surface area contributed by atoms with Gasteiger partial charge in [0.2, 0.25) is 5.95 Å². The molecule has 3 nitrogen and oxygen atoms in total. The molecule has 3 atom stereocenters. The highest BCUT2D eigenvalue weighted by Gasteiger charge is 2.31. The van der Waals surface area contributed by atoms with Gasteiger partial charge in [0.15, 0.2) is 0 Å². The normalized spacial score (nSPS) is 29.6. The van der Waals surface area contributed by atoms with Crippen molar-refractivity contribution in [2.75, 3.05) is 11.9 Å². The van der Waals surface area contributed by atoms with Crippen LogP contribution in [0, 0.1) is 11.8 Å². The van der Waals surface area contributed by atoms with Crippen LogP contribution in [0.25, 0.3) is 0 Å². The molecule has 0 saturated heterocycles. The highest BCUT2D eigenvalue weighted by Crippen LogP contribution is 2.40. The maximum absolute atomic E-state index is 4.41. The maximum atomic E-state index is 4.41. The van der Waals surface area contributed by atoms with Crippen LogP contribution < -0.4 is 5.32 Å². The van der Waals surface area contributed by atoms with Gasteiger partial charge in [-0.1, -0.05) is 20.8 Å². The zero-order chi connectivity index (χ0) is 11.5. The minimum atomic E-state index is 0.636. The number of imidazole rings is 1. The van der Waals surface area contributed by atoms with Crippen LogP contribution in [0.2, 0.25) is 0 Å². The van der Waals surface area contributed by atoms with Crippen LogP contribution >= 0.6 is 0 Å². The topological polar surface area (TPSA) is 29.9 Å². The van der Waals surface area contributed by atoms with Gasteiger partial charge in [-0.2, -0.15) is 0 Å². The van der Waals surface area contributed by atoms with Gasteiger partial charge < -0.3 is 9.88 Å². The van der Waals surface area contributed by atoms with Crippen molar-refractivity contribution in [3.63, 3.8) is 0 Å². The summed E-state index contributed by atoms with van der Waals surface area (Å²) in [4.78, 5) is 4.41. The lowest BCUT2D eigenvalue weighted by Crippen LogP contribution is -2.17. The molecule has 1 aromatic heterocycles. The van der Waals surface area contributed by atoms with E-state index in [1.54, 1.807) is 0 Å². The lowest BCUT2D eigenvalue weighted by molar-refractivity contribution is 0.355. The summed E-state index contributed by atoms with van der Waals surface area (Å²) in [5.74, 6) is 2.65. The van der Waals surface area contributed by atoms with Crippen LogP contribution in [0.3, 0.4) is 0 Å². The predicted octanol–water partition coefficient (Wildman–Crippen LogP) is 3.31. The molecule has 0 spiro atoms. The Kier molecular flexibility index (Phi) is 3.52. The first-order valence-electron chi connectivity index (χ1n) is 6.50. The quantitative estimate of drug-likeness (QED) is 0.845. The van der Waals surface area contributed by atoms with E-state index in [4.69, 9.17) is 0 Å². The fourth-order valence-corrected chi connectivity index (χ4v) is 2.69. The van der Waals surface area contributed by atoms with E-state index in [1.165, 1.54) is 12.8 Å². The van der Waals surface area contributed by atoms with E-state index in [1.807, 2.05) is 6.20 Å². The van der Waals surface area contributed by atoms with Gasteiger partial charge >= 0.3 is 0 Å². The molecule has 3 unspecified atom stereocenters. The van der Waals surface area contributed by atoms with Gasteiger partial charge in [0.05, 0.1) is 0 Å². The molecule has 1 aliphatic rings. The number of nitrogens with one attached hydrogen (secondary N) is 1. The number of rotatable bonds is 4. The predicted molar refractivity (Wildman–Crippen MR) is 67.6 cm³/mol. The smallest absolute Gasteiger partial charge is 0.203 e. The Morgan fingerprint density at radius 1 is 1.44 bits per heavy atom. The van der Waals surface area contributed by atoms with Crippen LogP contribution in [0.15, 0.2) is 12.4 Å². The highest BCUT2D eigenvalue weighted by atomic mass is 15.2. The molecule has 2 rings (SSSR count). The van der Waals surface area contributed by atoms with Gasteiger partial charge in [-0.15, -0.1) is 0 Å². The molecule has 0 amide bonds. The van der Waals surface area contributed by atoms with Gasteiger partial charge in [-0.3, -0.25) is 0 Å². The fourth-order valence-electron chi connectivity index (χ4n) is 2.69. The van der Waals surface area contributed by atoms with Gasteiger partial charge in [-0.05, 0) is 31.1 Å². The lowest BCUT2D eigenvalue weighted by Gasteiger charge is -2.22. The number of anilines is 1. The van der Waals surface area contributed by atoms with Crippen molar-refractivity contribution >= 4 is 5.95 Å². The second kappa shape index (κ2) is 4.89. The minimum absolute atomic E-state index is 0.636. The molecule has 1 saturated carbocycles. The molecular weight excluding hydrogens is 198 g/mol. The average molecular weight is 221 g/mol. The van der Waals surface area contributed by atoms with Crippen LogP contribution in [-0.2, 0) is 0 Å². The zero-order valence-electron chi connectivity index (χ0n) is 10.6. The van der Waals surface area contributed by atoms with E-state index in [0.717, 1.165) is 30.7 Å². The van der Waals surface area contributed by atoms with Crippen molar-refractivity contribution in [2.45, 2.75) is 46.1 Å².